The molecule has 0 aliphatic carbocycles. The highest BCUT2D eigenvalue weighted by Gasteiger charge is 2.17. The number of likely N-dealkylation sites (N-methyl/N-ethyl adjacent to an activating group) is 1. The SMILES string of the molecule is CCN(CC)CCNc1nc2c(c(=O)[nH]c(=O)n2C)n1CCc1ccccc1. The van der Waals surface area contributed by atoms with Crippen molar-refractivity contribution in [2.24, 2.45) is 7.05 Å². The van der Waals surface area contributed by atoms with Crippen molar-refractivity contribution >= 4 is 17.1 Å². The van der Waals surface area contributed by atoms with E-state index < -0.39 is 11.2 Å². The van der Waals surface area contributed by atoms with Crippen molar-refractivity contribution < 1.29 is 0 Å². The summed E-state index contributed by atoms with van der Waals surface area (Å²) in [5, 5.41) is 3.35. The van der Waals surface area contributed by atoms with Crippen molar-refractivity contribution in [2.75, 3.05) is 31.5 Å². The zero-order valence-electron chi connectivity index (χ0n) is 16.7. The Morgan fingerprint density at radius 1 is 1.14 bits per heavy atom. The molecule has 8 nitrogen and oxygen atoms in total. The summed E-state index contributed by atoms with van der Waals surface area (Å²) in [6.07, 6.45) is 0.763. The molecule has 0 atom stereocenters. The fourth-order valence-electron chi connectivity index (χ4n) is 3.34. The molecular formula is C20H28N6O2. The van der Waals surface area contributed by atoms with E-state index in [2.05, 4.69) is 46.2 Å². The van der Waals surface area contributed by atoms with Crippen LogP contribution in [0.15, 0.2) is 39.9 Å². The van der Waals surface area contributed by atoms with E-state index in [0.717, 1.165) is 26.1 Å². The number of aromatic amines is 1. The van der Waals surface area contributed by atoms with Crippen LogP contribution in [0.4, 0.5) is 5.95 Å². The van der Waals surface area contributed by atoms with Crippen LogP contribution in [0.25, 0.3) is 11.2 Å². The molecule has 2 aromatic heterocycles. The van der Waals surface area contributed by atoms with Crippen LogP contribution in [0.5, 0.6) is 0 Å². The zero-order valence-corrected chi connectivity index (χ0v) is 16.7. The Hall–Kier alpha value is -2.87. The number of anilines is 1. The van der Waals surface area contributed by atoms with Gasteiger partial charge in [0.25, 0.3) is 5.56 Å². The van der Waals surface area contributed by atoms with E-state index in [1.807, 2.05) is 22.8 Å². The van der Waals surface area contributed by atoms with Crippen LogP contribution in [0, 0.1) is 0 Å². The molecule has 8 heteroatoms. The Balaban J connectivity index is 1.93. The third-order valence-electron chi connectivity index (χ3n) is 5.08. The average Bonchev–Trinajstić information content (AvgIpc) is 3.08. The zero-order chi connectivity index (χ0) is 20.1. The van der Waals surface area contributed by atoms with Crippen molar-refractivity contribution in [1.82, 2.24) is 24.0 Å². The Bertz CT molecular complexity index is 1030. The van der Waals surface area contributed by atoms with Gasteiger partial charge in [0.2, 0.25) is 5.95 Å². The second-order valence-corrected chi connectivity index (χ2v) is 6.77. The number of rotatable bonds is 9. The molecule has 0 unspecified atom stereocenters. The Labute approximate surface area is 163 Å². The van der Waals surface area contributed by atoms with Gasteiger partial charge in [0.1, 0.15) is 0 Å². The van der Waals surface area contributed by atoms with Gasteiger partial charge in [-0.25, -0.2) is 4.79 Å². The molecule has 0 radical (unpaired) electrons. The third kappa shape index (κ3) is 4.17. The molecular weight excluding hydrogens is 356 g/mol. The van der Waals surface area contributed by atoms with Gasteiger partial charge in [-0.1, -0.05) is 44.2 Å². The molecule has 1 aromatic carbocycles. The van der Waals surface area contributed by atoms with Gasteiger partial charge in [-0.15, -0.1) is 0 Å². The van der Waals surface area contributed by atoms with E-state index in [-0.39, 0.29) is 0 Å². The van der Waals surface area contributed by atoms with Crippen LogP contribution < -0.4 is 16.6 Å². The molecule has 0 spiro atoms. The summed E-state index contributed by atoms with van der Waals surface area (Å²) >= 11 is 0. The van der Waals surface area contributed by atoms with Crippen molar-refractivity contribution in [2.45, 2.75) is 26.8 Å². The van der Waals surface area contributed by atoms with Gasteiger partial charge < -0.3 is 14.8 Å². The first-order valence-corrected chi connectivity index (χ1v) is 9.74. The molecule has 0 amide bonds. The first-order valence-electron chi connectivity index (χ1n) is 9.74. The second-order valence-electron chi connectivity index (χ2n) is 6.77. The molecule has 0 aliphatic heterocycles. The van der Waals surface area contributed by atoms with Crippen molar-refractivity contribution in [3.63, 3.8) is 0 Å². The second kappa shape index (κ2) is 8.88. The number of aryl methyl sites for hydroxylation is 3. The summed E-state index contributed by atoms with van der Waals surface area (Å²) in [6.45, 7) is 8.41. The highest BCUT2D eigenvalue weighted by atomic mass is 16.2. The third-order valence-corrected chi connectivity index (χ3v) is 5.08. The first-order chi connectivity index (χ1) is 13.5. The quantitative estimate of drug-likeness (QED) is 0.583. The predicted octanol–water partition coefficient (Wildman–Crippen LogP) is 1.42. The summed E-state index contributed by atoms with van der Waals surface area (Å²) < 4.78 is 3.26. The summed E-state index contributed by atoms with van der Waals surface area (Å²) in [6, 6.07) is 10.1. The van der Waals surface area contributed by atoms with E-state index in [1.54, 1.807) is 7.05 Å². The molecule has 0 bridgehead atoms. The number of hydrogen-bond acceptors (Lipinski definition) is 5. The van der Waals surface area contributed by atoms with Gasteiger partial charge in [-0.2, -0.15) is 4.98 Å². The van der Waals surface area contributed by atoms with Crippen LogP contribution in [0.3, 0.4) is 0 Å². The molecule has 0 saturated carbocycles. The standard InChI is InChI=1S/C20H28N6O2/c1-4-25(5-2)14-12-21-19-22-17-16(18(27)23-20(28)24(17)3)26(19)13-11-15-9-7-6-8-10-15/h6-10H,4-5,11-14H2,1-3H3,(H,21,22)(H,23,27,28). The lowest BCUT2D eigenvalue weighted by Gasteiger charge is -2.18. The molecule has 0 saturated heterocycles. The monoisotopic (exact) mass is 384 g/mol. The fourth-order valence-corrected chi connectivity index (χ4v) is 3.34. The summed E-state index contributed by atoms with van der Waals surface area (Å²) in [5.41, 5.74) is 1.13. The molecule has 3 aromatic rings. The number of imidazole rings is 1. The number of benzene rings is 1. The highest BCUT2D eigenvalue weighted by molar-refractivity contribution is 5.74. The van der Waals surface area contributed by atoms with Crippen LogP contribution in [-0.2, 0) is 20.0 Å². The molecule has 150 valence electrons. The number of nitrogens with one attached hydrogen (secondary N) is 2. The largest absolute Gasteiger partial charge is 0.354 e. The highest BCUT2D eigenvalue weighted by Crippen LogP contribution is 2.16. The summed E-state index contributed by atoms with van der Waals surface area (Å²) in [4.78, 5) is 33.7. The number of H-pyrrole nitrogens is 1. The molecule has 2 heterocycles. The molecule has 3 rings (SSSR count). The Kier molecular flexibility index (Phi) is 6.30. The topological polar surface area (TPSA) is 88.0 Å². The van der Waals surface area contributed by atoms with Gasteiger partial charge in [0, 0.05) is 26.7 Å². The van der Waals surface area contributed by atoms with Crippen LogP contribution in [0.1, 0.15) is 19.4 Å². The summed E-state index contributed by atoms with van der Waals surface area (Å²) in [7, 11) is 1.62. The minimum Gasteiger partial charge on any atom is -0.354 e. The maximum atomic E-state index is 12.5. The first kappa shape index (κ1) is 19.9. The van der Waals surface area contributed by atoms with E-state index in [0.29, 0.717) is 30.2 Å². The van der Waals surface area contributed by atoms with Gasteiger partial charge >= 0.3 is 5.69 Å². The van der Waals surface area contributed by atoms with E-state index in [4.69, 9.17) is 0 Å². The lowest BCUT2D eigenvalue weighted by atomic mass is 10.1. The lowest BCUT2D eigenvalue weighted by molar-refractivity contribution is 0.315. The number of aromatic nitrogens is 4. The maximum Gasteiger partial charge on any atom is 0.329 e. The molecule has 0 aliphatic rings. The minimum absolute atomic E-state index is 0.396. The normalized spacial score (nSPS) is 11.4. The Morgan fingerprint density at radius 2 is 1.86 bits per heavy atom. The van der Waals surface area contributed by atoms with Gasteiger partial charge in [-0.05, 0) is 25.1 Å². The number of fused-ring (bicyclic) bond motifs is 1. The summed E-state index contributed by atoms with van der Waals surface area (Å²) in [5.74, 6) is 0.616. The molecule has 0 fully saturated rings. The smallest absolute Gasteiger partial charge is 0.329 e. The predicted molar refractivity (Wildman–Crippen MR) is 112 cm³/mol. The number of nitrogens with zero attached hydrogens (tertiary/aromatic N) is 4. The van der Waals surface area contributed by atoms with E-state index in [9.17, 15) is 9.59 Å². The number of hydrogen-bond donors (Lipinski definition) is 2. The van der Waals surface area contributed by atoms with Crippen LogP contribution >= 0.6 is 0 Å². The maximum absolute atomic E-state index is 12.5. The average molecular weight is 384 g/mol. The van der Waals surface area contributed by atoms with Gasteiger partial charge in [-0.3, -0.25) is 14.3 Å². The minimum atomic E-state index is -0.458. The van der Waals surface area contributed by atoms with Crippen molar-refractivity contribution in [3.05, 3.63) is 56.7 Å². The van der Waals surface area contributed by atoms with E-state index >= 15 is 0 Å². The Morgan fingerprint density at radius 3 is 2.54 bits per heavy atom. The van der Waals surface area contributed by atoms with Crippen molar-refractivity contribution in [3.8, 4) is 0 Å². The van der Waals surface area contributed by atoms with Gasteiger partial charge in [0.05, 0.1) is 0 Å². The molecule has 2 N–H and O–H groups in total. The molecule has 28 heavy (non-hydrogen) atoms. The van der Waals surface area contributed by atoms with Crippen molar-refractivity contribution in [1.29, 1.82) is 0 Å². The van der Waals surface area contributed by atoms with Gasteiger partial charge in [0.15, 0.2) is 11.2 Å². The lowest BCUT2D eigenvalue weighted by Crippen LogP contribution is -2.30. The fraction of sp³-hybridized carbons (Fsp3) is 0.450. The van der Waals surface area contributed by atoms with Crippen LogP contribution in [-0.4, -0.2) is 50.2 Å². The van der Waals surface area contributed by atoms with Crippen LogP contribution in [0.2, 0.25) is 0 Å². The van der Waals surface area contributed by atoms with E-state index in [1.165, 1.54) is 10.1 Å².